The first-order valence-electron chi connectivity index (χ1n) is 12.9. The van der Waals surface area contributed by atoms with Gasteiger partial charge in [-0.2, -0.15) is 0 Å². The quantitative estimate of drug-likeness (QED) is 0.476. The van der Waals surface area contributed by atoms with E-state index in [1.807, 2.05) is 11.0 Å². The molecule has 5 heteroatoms. The van der Waals surface area contributed by atoms with Crippen molar-refractivity contribution >= 4 is 5.91 Å². The first-order valence-corrected chi connectivity index (χ1v) is 12.9. The lowest BCUT2D eigenvalue weighted by Crippen LogP contribution is -2.41. The number of amides is 1. The van der Waals surface area contributed by atoms with E-state index in [-0.39, 0.29) is 12.0 Å². The molecule has 0 bridgehead atoms. The van der Waals surface area contributed by atoms with Crippen molar-refractivity contribution in [2.45, 2.75) is 44.8 Å². The molecule has 0 saturated carbocycles. The molecule has 0 atom stereocenters. The maximum Gasteiger partial charge on any atom is 0.255 e. The SMILES string of the molecule is O=C(c1cccnc1)N1CCC(Oc2ccc(CN3CCC(Cc4ccccc4)CC3)cc2)CC1. The van der Waals surface area contributed by atoms with Crippen molar-refractivity contribution in [3.8, 4) is 5.75 Å². The molecule has 182 valence electrons. The maximum absolute atomic E-state index is 12.6. The number of likely N-dealkylation sites (tertiary alicyclic amines) is 2. The number of hydrogen-bond donors (Lipinski definition) is 0. The van der Waals surface area contributed by atoms with Gasteiger partial charge in [0.25, 0.3) is 5.91 Å². The van der Waals surface area contributed by atoms with Gasteiger partial charge in [-0.1, -0.05) is 42.5 Å². The van der Waals surface area contributed by atoms with E-state index >= 15 is 0 Å². The summed E-state index contributed by atoms with van der Waals surface area (Å²) in [6, 6.07) is 23.1. The molecule has 2 aromatic carbocycles. The van der Waals surface area contributed by atoms with Crippen molar-refractivity contribution in [3.63, 3.8) is 0 Å². The predicted molar refractivity (Wildman–Crippen MR) is 138 cm³/mol. The van der Waals surface area contributed by atoms with E-state index in [9.17, 15) is 4.79 Å². The Kier molecular flexibility index (Phi) is 7.74. The number of pyridine rings is 1. The second kappa shape index (κ2) is 11.5. The van der Waals surface area contributed by atoms with Crippen molar-refractivity contribution in [3.05, 3.63) is 95.8 Å². The molecule has 2 saturated heterocycles. The van der Waals surface area contributed by atoms with E-state index in [4.69, 9.17) is 4.74 Å². The van der Waals surface area contributed by atoms with Crippen molar-refractivity contribution in [1.82, 2.24) is 14.8 Å². The van der Waals surface area contributed by atoms with Crippen LogP contribution in [0.25, 0.3) is 0 Å². The van der Waals surface area contributed by atoms with Crippen LogP contribution in [0.4, 0.5) is 0 Å². The Hall–Kier alpha value is -3.18. The van der Waals surface area contributed by atoms with Gasteiger partial charge in [0.2, 0.25) is 0 Å². The van der Waals surface area contributed by atoms with Crippen molar-refractivity contribution in [2.75, 3.05) is 26.2 Å². The Morgan fingerprint density at radius 3 is 2.26 bits per heavy atom. The Morgan fingerprint density at radius 2 is 1.57 bits per heavy atom. The van der Waals surface area contributed by atoms with E-state index in [1.54, 1.807) is 18.5 Å². The Morgan fingerprint density at radius 1 is 0.829 bits per heavy atom. The normalized spacial score (nSPS) is 17.9. The molecule has 5 rings (SSSR count). The van der Waals surface area contributed by atoms with Crippen LogP contribution in [0.3, 0.4) is 0 Å². The van der Waals surface area contributed by atoms with Gasteiger partial charge in [0.1, 0.15) is 11.9 Å². The van der Waals surface area contributed by atoms with Crippen LogP contribution in [0.5, 0.6) is 5.75 Å². The van der Waals surface area contributed by atoms with Crippen LogP contribution < -0.4 is 4.74 Å². The Balaban J connectivity index is 1.04. The summed E-state index contributed by atoms with van der Waals surface area (Å²) in [5.74, 6) is 1.79. The van der Waals surface area contributed by atoms with Crippen LogP contribution in [-0.2, 0) is 13.0 Å². The lowest BCUT2D eigenvalue weighted by atomic mass is 9.90. The summed E-state index contributed by atoms with van der Waals surface area (Å²) in [6.07, 6.45) is 8.95. The first-order chi connectivity index (χ1) is 17.2. The molecule has 2 aliphatic rings. The van der Waals surface area contributed by atoms with Crippen molar-refractivity contribution in [2.24, 2.45) is 5.92 Å². The van der Waals surface area contributed by atoms with Gasteiger partial charge in [0.15, 0.2) is 0 Å². The molecular formula is C30H35N3O2. The number of aromatic nitrogens is 1. The van der Waals surface area contributed by atoms with Crippen LogP contribution in [0, 0.1) is 5.92 Å². The lowest BCUT2D eigenvalue weighted by molar-refractivity contribution is 0.0595. The molecule has 2 aliphatic heterocycles. The topological polar surface area (TPSA) is 45.7 Å². The fourth-order valence-corrected chi connectivity index (χ4v) is 5.27. The zero-order chi connectivity index (χ0) is 23.9. The molecule has 5 nitrogen and oxygen atoms in total. The average molecular weight is 470 g/mol. The number of piperidine rings is 2. The number of rotatable bonds is 7. The van der Waals surface area contributed by atoms with E-state index in [0.29, 0.717) is 5.56 Å². The lowest BCUT2D eigenvalue weighted by Gasteiger charge is -2.32. The summed E-state index contributed by atoms with van der Waals surface area (Å²) in [7, 11) is 0. The molecule has 0 aliphatic carbocycles. The number of benzene rings is 2. The number of ether oxygens (including phenoxy) is 1. The van der Waals surface area contributed by atoms with Crippen LogP contribution >= 0.6 is 0 Å². The van der Waals surface area contributed by atoms with Gasteiger partial charge in [-0.3, -0.25) is 14.7 Å². The maximum atomic E-state index is 12.6. The zero-order valence-electron chi connectivity index (χ0n) is 20.4. The van der Waals surface area contributed by atoms with Gasteiger partial charge < -0.3 is 9.64 Å². The molecule has 35 heavy (non-hydrogen) atoms. The van der Waals surface area contributed by atoms with Gasteiger partial charge in [0, 0.05) is 44.9 Å². The third kappa shape index (κ3) is 6.49. The van der Waals surface area contributed by atoms with Crippen LogP contribution in [0.2, 0.25) is 0 Å². The standard InChI is InChI=1S/C30H35N3O2/c34-30(27-7-4-16-31-22-27)33-19-14-29(15-20-33)35-28-10-8-26(9-11-28)23-32-17-12-25(13-18-32)21-24-5-2-1-3-6-24/h1-11,16,22,25,29H,12-15,17-21,23H2. The number of nitrogens with zero attached hydrogens (tertiary/aromatic N) is 3. The molecular weight excluding hydrogens is 434 g/mol. The van der Waals surface area contributed by atoms with E-state index in [0.717, 1.165) is 44.1 Å². The van der Waals surface area contributed by atoms with Crippen molar-refractivity contribution in [1.29, 1.82) is 0 Å². The molecule has 3 heterocycles. The summed E-state index contributed by atoms with van der Waals surface area (Å²) in [4.78, 5) is 21.1. The minimum absolute atomic E-state index is 0.0602. The highest BCUT2D eigenvalue weighted by molar-refractivity contribution is 5.93. The molecule has 1 aromatic heterocycles. The number of carbonyl (C=O) groups is 1. The Bertz CT molecular complexity index is 1060. The van der Waals surface area contributed by atoms with Crippen LogP contribution in [0.15, 0.2) is 79.1 Å². The third-order valence-electron chi connectivity index (χ3n) is 7.34. The largest absolute Gasteiger partial charge is 0.490 e. The van der Waals surface area contributed by atoms with Gasteiger partial charge in [-0.15, -0.1) is 0 Å². The van der Waals surface area contributed by atoms with E-state index in [1.165, 1.54) is 43.5 Å². The summed E-state index contributed by atoms with van der Waals surface area (Å²) < 4.78 is 6.24. The van der Waals surface area contributed by atoms with E-state index in [2.05, 4.69) is 64.5 Å². The fourth-order valence-electron chi connectivity index (χ4n) is 5.27. The number of hydrogen-bond acceptors (Lipinski definition) is 4. The highest BCUT2D eigenvalue weighted by atomic mass is 16.5. The molecule has 0 spiro atoms. The smallest absolute Gasteiger partial charge is 0.255 e. The molecule has 1 amide bonds. The second-order valence-electron chi connectivity index (χ2n) is 9.90. The van der Waals surface area contributed by atoms with Crippen LogP contribution in [0.1, 0.15) is 47.2 Å². The minimum atomic E-state index is 0.0602. The summed E-state index contributed by atoms with van der Waals surface area (Å²) in [6.45, 7) is 4.79. The number of carbonyl (C=O) groups excluding carboxylic acids is 1. The van der Waals surface area contributed by atoms with Crippen LogP contribution in [-0.4, -0.2) is 53.0 Å². The predicted octanol–water partition coefficient (Wildman–Crippen LogP) is 5.22. The summed E-state index contributed by atoms with van der Waals surface area (Å²) >= 11 is 0. The monoisotopic (exact) mass is 469 g/mol. The van der Waals surface area contributed by atoms with Crippen molar-refractivity contribution < 1.29 is 9.53 Å². The van der Waals surface area contributed by atoms with Gasteiger partial charge in [0.05, 0.1) is 5.56 Å². The van der Waals surface area contributed by atoms with Gasteiger partial charge in [-0.05, 0) is 73.7 Å². The molecule has 2 fully saturated rings. The van der Waals surface area contributed by atoms with Gasteiger partial charge in [-0.25, -0.2) is 0 Å². The molecule has 0 radical (unpaired) electrons. The second-order valence-corrected chi connectivity index (χ2v) is 9.90. The third-order valence-corrected chi connectivity index (χ3v) is 7.34. The summed E-state index contributed by atoms with van der Waals surface area (Å²) in [5.41, 5.74) is 3.46. The van der Waals surface area contributed by atoms with E-state index < -0.39 is 0 Å². The first kappa shape index (κ1) is 23.6. The highest BCUT2D eigenvalue weighted by Gasteiger charge is 2.25. The fraction of sp³-hybridized carbons (Fsp3) is 0.400. The Labute approximate surface area is 208 Å². The minimum Gasteiger partial charge on any atom is -0.490 e. The molecule has 0 N–H and O–H groups in total. The zero-order valence-corrected chi connectivity index (χ0v) is 20.4. The molecule has 0 unspecified atom stereocenters. The summed E-state index contributed by atoms with van der Waals surface area (Å²) in [5, 5.41) is 0. The van der Waals surface area contributed by atoms with Gasteiger partial charge >= 0.3 is 0 Å². The average Bonchev–Trinajstić information content (AvgIpc) is 2.92. The highest BCUT2D eigenvalue weighted by Crippen LogP contribution is 2.24. The molecule has 3 aromatic rings.